The SMILES string of the molecule is C/C=C\n1ccn(CCCCCn2ccn(/C=C\C)c2=O)c1=O. The molecule has 0 aromatic carbocycles. The summed E-state index contributed by atoms with van der Waals surface area (Å²) in [6, 6.07) is 0. The van der Waals surface area contributed by atoms with Crippen molar-refractivity contribution < 1.29 is 0 Å². The highest BCUT2D eigenvalue weighted by atomic mass is 16.2. The number of hydrogen-bond acceptors (Lipinski definition) is 2. The topological polar surface area (TPSA) is 53.9 Å². The van der Waals surface area contributed by atoms with Gasteiger partial charge in [0, 0.05) is 50.3 Å². The summed E-state index contributed by atoms with van der Waals surface area (Å²) in [5.41, 5.74) is -0.0227. The van der Waals surface area contributed by atoms with Crippen LogP contribution in [0.2, 0.25) is 0 Å². The van der Waals surface area contributed by atoms with Gasteiger partial charge in [0.1, 0.15) is 0 Å². The van der Waals surface area contributed by atoms with Crippen molar-refractivity contribution in [3.8, 4) is 0 Å². The lowest BCUT2D eigenvalue weighted by Crippen LogP contribution is -2.22. The van der Waals surface area contributed by atoms with Crippen molar-refractivity contribution in [2.45, 2.75) is 46.2 Å². The Hall–Kier alpha value is -2.50. The zero-order chi connectivity index (χ0) is 16.7. The Balaban J connectivity index is 1.78. The second-order valence-corrected chi connectivity index (χ2v) is 5.39. The Morgan fingerprint density at radius 1 is 0.739 bits per heavy atom. The van der Waals surface area contributed by atoms with Crippen molar-refractivity contribution >= 4 is 12.4 Å². The van der Waals surface area contributed by atoms with Gasteiger partial charge in [0.25, 0.3) is 0 Å². The number of aryl methyl sites for hydroxylation is 2. The highest BCUT2D eigenvalue weighted by Crippen LogP contribution is 2.01. The van der Waals surface area contributed by atoms with Crippen LogP contribution in [0.4, 0.5) is 0 Å². The molecular formula is C17H24N4O2. The second-order valence-electron chi connectivity index (χ2n) is 5.39. The van der Waals surface area contributed by atoms with E-state index in [4.69, 9.17) is 0 Å². The quantitative estimate of drug-likeness (QED) is 0.703. The average molecular weight is 316 g/mol. The van der Waals surface area contributed by atoms with Crippen LogP contribution in [-0.2, 0) is 13.1 Å². The highest BCUT2D eigenvalue weighted by Gasteiger charge is 2.02. The van der Waals surface area contributed by atoms with Crippen molar-refractivity contribution in [1.82, 2.24) is 18.3 Å². The maximum Gasteiger partial charge on any atom is 0.332 e. The molecule has 2 aromatic rings. The van der Waals surface area contributed by atoms with Gasteiger partial charge in [-0.15, -0.1) is 0 Å². The first-order chi connectivity index (χ1) is 11.2. The van der Waals surface area contributed by atoms with Gasteiger partial charge in [-0.2, -0.15) is 0 Å². The van der Waals surface area contributed by atoms with E-state index in [1.165, 1.54) is 0 Å². The molecule has 0 aliphatic rings. The van der Waals surface area contributed by atoms with Crippen molar-refractivity contribution in [2.24, 2.45) is 0 Å². The van der Waals surface area contributed by atoms with E-state index in [0.717, 1.165) is 19.3 Å². The Labute approximate surface area is 135 Å². The Kier molecular flexibility index (Phi) is 6.02. The van der Waals surface area contributed by atoms with Gasteiger partial charge in [-0.3, -0.25) is 18.3 Å². The number of nitrogens with zero attached hydrogens (tertiary/aromatic N) is 4. The van der Waals surface area contributed by atoms with Gasteiger partial charge in [0.2, 0.25) is 0 Å². The molecule has 23 heavy (non-hydrogen) atoms. The molecule has 0 saturated carbocycles. The highest BCUT2D eigenvalue weighted by molar-refractivity contribution is 5.20. The molecular weight excluding hydrogens is 292 g/mol. The molecule has 0 saturated heterocycles. The van der Waals surface area contributed by atoms with Crippen LogP contribution in [0.25, 0.3) is 12.4 Å². The molecule has 0 bridgehead atoms. The van der Waals surface area contributed by atoms with Crippen LogP contribution in [-0.4, -0.2) is 18.3 Å². The maximum atomic E-state index is 12.0. The summed E-state index contributed by atoms with van der Waals surface area (Å²) in [7, 11) is 0. The molecule has 0 aliphatic heterocycles. The number of aromatic nitrogens is 4. The van der Waals surface area contributed by atoms with E-state index in [-0.39, 0.29) is 11.4 Å². The summed E-state index contributed by atoms with van der Waals surface area (Å²) >= 11 is 0. The minimum Gasteiger partial charge on any atom is -0.299 e. The lowest BCUT2D eigenvalue weighted by atomic mass is 10.2. The Morgan fingerprint density at radius 2 is 1.17 bits per heavy atom. The molecule has 2 aromatic heterocycles. The third kappa shape index (κ3) is 4.25. The number of imidazole rings is 2. The summed E-state index contributed by atoms with van der Waals surface area (Å²) in [5.74, 6) is 0. The van der Waals surface area contributed by atoms with Gasteiger partial charge in [0.05, 0.1) is 0 Å². The van der Waals surface area contributed by atoms with E-state index in [0.29, 0.717) is 13.1 Å². The normalized spacial score (nSPS) is 11.9. The third-order valence-corrected chi connectivity index (χ3v) is 3.66. The molecule has 0 fully saturated rings. The fourth-order valence-electron chi connectivity index (χ4n) is 2.49. The molecule has 0 N–H and O–H groups in total. The standard InChI is InChI=1S/C17H24N4O2/c1-3-8-18-12-14-20(16(18)22)10-6-5-7-11-21-15-13-19(9-4-2)17(21)23/h3-4,8-9,12-15H,5-7,10-11H2,1-2H3/b8-3-,9-4-. The van der Waals surface area contributed by atoms with E-state index < -0.39 is 0 Å². The first-order valence-electron chi connectivity index (χ1n) is 7.97. The molecule has 124 valence electrons. The number of rotatable bonds is 8. The predicted octanol–water partition coefficient (Wildman–Crippen LogP) is 2.46. The monoisotopic (exact) mass is 316 g/mol. The largest absolute Gasteiger partial charge is 0.332 e. The molecule has 2 heterocycles. The van der Waals surface area contributed by atoms with E-state index in [1.807, 2.05) is 38.4 Å². The smallest absolute Gasteiger partial charge is 0.299 e. The number of hydrogen-bond donors (Lipinski definition) is 0. The van der Waals surface area contributed by atoms with Crippen LogP contribution >= 0.6 is 0 Å². The summed E-state index contributed by atoms with van der Waals surface area (Å²) in [4.78, 5) is 23.9. The van der Waals surface area contributed by atoms with Gasteiger partial charge >= 0.3 is 11.4 Å². The van der Waals surface area contributed by atoms with Crippen molar-refractivity contribution in [1.29, 1.82) is 0 Å². The lowest BCUT2D eigenvalue weighted by molar-refractivity contribution is 0.531. The minimum absolute atomic E-state index is 0.0113. The minimum atomic E-state index is -0.0113. The van der Waals surface area contributed by atoms with Crippen molar-refractivity contribution in [2.75, 3.05) is 0 Å². The van der Waals surface area contributed by atoms with Crippen LogP contribution in [0, 0.1) is 0 Å². The Morgan fingerprint density at radius 3 is 1.57 bits per heavy atom. The third-order valence-electron chi connectivity index (χ3n) is 3.66. The van der Waals surface area contributed by atoms with E-state index in [9.17, 15) is 9.59 Å². The van der Waals surface area contributed by atoms with Crippen LogP contribution in [0.3, 0.4) is 0 Å². The molecule has 2 rings (SSSR count). The van der Waals surface area contributed by atoms with Crippen molar-refractivity contribution in [3.63, 3.8) is 0 Å². The molecule has 6 nitrogen and oxygen atoms in total. The first-order valence-corrected chi connectivity index (χ1v) is 7.97. The van der Waals surface area contributed by atoms with Crippen LogP contribution < -0.4 is 11.4 Å². The van der Waals surface area contributed by atoms with Gasteiger partial charge < -0.3 is 0 Å². The molecule has 6 heteroatoms. The molecule has 0 spiro atoms. The molecule has 0 unspecified atom stereocenters. The molecule has 0 amide bonds. The first kappa shape index (κ1) is 16.9. The number of unbranched alkanes of at least 4 members (excludes halogenated alkanes) is 2. The Bertz CT molecular complexity index is 720. The summed E-state index contributed by atoms with van der Waals surface area (Å²) in [6.45, 7) is 5.18. The molecule has 0 radical (unpaired) electrons. The van der Waals surface area contributed by atoms with Gasteiger partial charge in [-0.25, -0.2) is 9.59 Å². The fourth-order valence-corrected chi connectivity index (χ4v) is 2.49. The zero-order valence-electron chi connectivity index (χ0n) is 13.8. The summed E-state index contributed by atoms with van der Waals surface area (Å²) in [5, 5.41) is 0. The number of allylic oxidation sites excluding steroid dienone is 2. The second kappa shape index (κ2) is 8.22. The van der Waals surface area contributed by atoms with Crippen LogP contribution in [0.1, 0.15) is 33.1 Å². The fraction of sp³-hybridized carbons (Fsp3) is 0.412. The van der Waals surface area contributed by atoms with Gasteiger partial charge in [-0.1, -0.05) is 12.2 Å². The zero-order valence-corrected chi connectivity index (χ0v) is 13.8. The van der Waals surface area contributed by atoms with Crippen molar-refractivity contribution in [3.05, 3.63) is 57.9 Å². The van der Waals surface area contributed by atoms with E-state index >= 15 is 0 Å². The maximum absolute atomic E-state index is 12.0. The van der Waals surface area contributed by atoms with Crippen LogP contribution in [0.5, 0.6) is 0 Å². The lowest BCUT2D eigenvalue weighted by Gasteiger charge is -2.03. The van der Waals surface area contributed by atoms with E-state index in [1.54, 1.807) is 43.1 Å². The summed E-state index contributed by atoms with van der Waals surface area (Å²) in [6.07, 6.45) is 17.1. The van der Waals surface area contributed by atoms with Crippen LogP contribution in [0.15, 0.2) is 46.5 Å². The predicted molar refractivity (Wildman–Crippen MR) is 93.2 cm³/mol. The molecule has 0 aliphatic carbocycles. The van der Waals surface area contributed by atoms with Gasteiger partial charge in [0.15, 0.2) is 0 Å². The van der Waals surface area contributed by atoms with E-state index in [2.05, 4.69) is 0 Å². The summed E-state index contributed by atoms with van der Waals surface area (Å²) < 4.78 is 6.58. The average Bonchev–Trinajstić information content (AvgIpc) is 3.06. The molecule has 0 atom stereocenters. The van der Waals surface area contributed by atoms with Gasteiger partial charge in [-0.05, 0) is 33.1 Å².